The van der Waals surface area contributed by atoms with E-state index in [2.05, 4.69) is 24.0 Å². The molecule has 0 amide bonds. The molecule has 0 aromatic carbocycles. The van der Waals surface area contributed by atoms with Crippen molar-refractivity contribution in [1.82, 2.24) is 10.1 Å². The summed E-state index contributed by atoms with van der Waals surface area (Å²) < 4.78 is 10.6. The molecule has 1 saturated heterocycles. The van der Waals surface area contributed by atoms with E-state index in [0.29, 0.717) is 31.6 Å². The van der Waals surface area contributed by atoms with Gasteiger partial charge in [-0.1, -0.05) is 19.0 Å². The van der Waals surface area contributed by atoms with Crippen molar-refractivity contribution in [3.05, 3.63) is 17.5 Å². The number of morpholine rings is 1. The Morgan fingerprint density at radius 3 is 2.75 bits per heavy atom. The lowest BCUT2D eigenvalue weighted by Crippen LogP contribution is -2.44. The molecule has 1 aliphatic heterocycles. The molecule has 2 N–H and O–H groups in total. The second kappa shape index (κ2) is 7.28. The molecule has 1 aromatic heterocycles. The van der Waals surface area contributed by atoms with Gasteiger partial charge >= 0.3 is 0 Å². The van der Waals surface area contributed by atoms with Crippen LogP contribution in [0.5, 0.6) is 0 Å². The fourth-order valence-corrected chi connectivity index (χ4v) is 2.35. The Morgan fingerprint density at radius 2 is 2.10 bits per heavy atom. The van der Waals surface area contributed by atoms with Crippen LogP contribution in [-0.4, -0.2) is 42.3 Å². The first kappa shape index (κ1) is 14.8. The van der Waals surface area contributed by atoms with E-state index in [9.17, 15) is 0 Å². The van der Waals surface area contributed by atoms with E-state index in [1.165, 1.54) is 0 Å². The monoisotopic (exact) mass is 280 g/mol. The first-order valence-electron chi connectivity index (χ1n) is 7.32. The summed E-state index contributed by atoms with van der Waals surface area (Å²) in [6.45, 7) is 7.77. The van der Waals surface area contributed by atoms with Gasteiger partial charge in [0, 0.05) is 25.1 Å². The molecule has 2 heterocycles. The molecule has 0 spiro atoms. The summed E-state index contributed by atoms with van der Waals surface area (Å²) in [5.74, 6) is 1.78. The van der Waals surface area contributed by atoms with Gasteiger partial charge in [-0.15, -0.1) is 0 Å². The van der Waals surface area contributed by atoms with Gasteiger partial charge in [0.2, 0.25) is 0 Å². The van der Waals surface area contributed by atoms with Crippen LogP contribution < -0.4 is 5.73 Å². The number of hydrogen-bond acceptors (Lipinski definition) is 4. The Labute approximate surface area is 120 Å². The quantitative estimate of drug-likeness (QED) is 0.656. The number of nitrogens with zero attached hydrogens (tertiary/aromatic N) is 3. The molecule has 0 atom stereocenters. The van der Waals surface area contributed by atoms with Crippen LogP contribution in [0.4, 0.5) is 0 Å². The molecule has 112 valence electrons. The predicted molar refractivity (Wildman–Crippen MR) is 77.5 cm³/mol. The van der Waals surface area contributed by atoms with Gasteiger partial charge in [0.15, 0.2) is 11.7 Å². The second-order valence-electron chi connectivity index (χ2n) is 5.01. The zero-order valence-corrected chi connectivity index (χ0v) is 12.3. The van der Waals surface area contributed by atoms with Crippen LogP contribution in [-0.2, 0) is 11.3 Å². The van der Waals surface area contributed by atoms with Gasteiger partial charge in [-0.2, -0.15) is 0 Å². The van der Waals surface area contributed by atoms with Crippen molar-refractivity contribution >= 4 is 5.96 Å². The largest absolute Gasteiger partial charge is 0.378 e. The van der Waals surface area contributed by atoms with Crippen molar-refractivity contribution in [3.63, 3.8) is 0 Å². The minimum Gasteiger partial charge on any atom is -0.378 e. The minimum absolute atomic E-state index is 0.441. The molecule has 0 unspecified atom stereocenters. The minimum atomic E-state index is 0.441. The molecule has 0 radical (unpaired) electrons. The van der Waals surface area contributed by atoms with Crippen LogP contribution in [0.15, 0.2) is 15.6 Å². The third-order valence-electron chi connectivity index (χ3n) is 3.71. The third-order valence-corrected chi connectivity index (χ3v) is 3.71. The lowest BCUT2D eigenvalue weighted by Gasteiger charge is -2.27. The van der Waals surface area contributed by atoms with E-state index < -0.39 is 0 Å². The summed E-state index contributed by atoms with van der Waals surface area (Å²) in [6, 6.07) is 1.99. The summed E-state index contributed by atoms with van der Waals surface area (Å²) in [6.07, 6.45) is 2.14. The van der Waals surface area contributed by atoms with E-state index in [-0.39, 0.29) is 0 Å². The number of nitrogens with two attached hydrogens (primary N) is 1. The number of rotatable bonds is 5. The number of aromatic nitrogens is 1. The molecule has 6 nitrogen and oxygen atoms in total. The van der Waals surface area contributed by atoms with Gasteiger partial charge < -0.3 is 19.9 Å². The summed E-state index contributed by atoms with van der Waals surface area (Å²) in [5.41, 5.74) is 6.99. The van der Waals surface area contributed by atoms with Crippen molar-refractivity contribution in [3.8, 4) is 0 Å². The Bertz CT molecular complexity index is 434. The van der Waals surface area contributed by atoms with Crippen LogP contribution in [0.25, 0.3) is 0 Å². The maximum Gasteiger partial charge on any atom is 0.191 e. The first-order valence-corrected chi connectivity index (χ1v) is 7.32. The zero-order valence-electron chi connectivity index (χ0n) is 12.3. The average Bonchev–Trinajstić information content (AvgIpc) is 2.96. The maximum absolute atomic E-state index is 5.97. The normalized spacial score (nSPS) is 16.9. The Morgan fingerprint density at radius 1 is 1.40 bits per heavy atom. The molecule has 0 aliphatic carbocycles. The number of aliphatic imine (C=N–C) groups is 1. The highest BCUT2D eigenvalue weighted by molar-refractivity contribution is 5.78. The summed E-state index contributed by atoms with van der Waals surface area (Å²) in [4.78, 5) is 6.40. The zero-order chi connectivity index (χ0) is 14.4. The fourth-order valence-electron chi connectivity index (χ4n) is 2.35. The van der Waals surface area contributed by atoms with E-state index in [0.717, 1.165) is 37.4 Å². The van der Waals surface area contributed by atoms with Crippen LogP contribution in [0.3, 0.4) is 0 Å². The Balaban J connectivity index is 1.92. The number of hydrogen-bond donors (Lipinski definition) is 1. The summed E-state index contributed by atoms with van der Waals surface area (Å²) in [5, 5.41) is 4.13. The fraction of sp³-hybridized carbons (Fsp3) is 0.714. The third kappa shape index (κ3) is 3.72. The summed E-state index contributed by atoms with van der Waals surface area (Å²) >= 11 is 0. The molecule has 1 fully saturated rings. The molecule has 0 saturated carbocycles. The molecule has 1 aliphatic rings. The van der Waals surface area contributed by atoms with Crippen molar-refractivity contribution in [2.75, 3.05) is 26.3 Å². The van der Waals surface area contributed by atoms with Gasteiger partial charge in [-0.3, -0.25) is 0 Å². The lowest BCUT2D eigenvalue weighted by atomic mass is 9.99. The van der Waals surface area contributed by atoms with Gasteiger partial charge in [-0.25, -0.2) is 4.99 Å². The number of guanidine groups is 1. The standard InChI is InChI=1S/C14H24N4O2/c1-3-11(4-2)13-9-12(20-17-13)10-16-14(15)18-5-7-19-8-6-18/h9,11H,3-8,10H2,1-2H3,(H2,15,16). The highest BCUT2D eigenvalue weighted by atomic mass is 16.5. The first-order chi connectivity index (χ1) is 9.74. The second-order valence-corrected chi connectivity index (χ2v) is 5.01. The Hall–Kier alpha value is -1.56. The van der Waals surface area contributed by atoms with E-state index in [1.54, 1.807) is 0 Å². The highest BCUT2D eigenvalue weighted by Gasteiger charge is 2.14. The topological polar surface area (TPSA) is 76.9 Å². The molecule has 20 heavy (non-hydrogen) atoms. The number of ether oxygens (including phenoxy) is 1. The summed E-state index contributed by atoms with van der Waals surface area (Å²) in [7, 11) is 0. The average molecular weight is 280 g/mol. The molecule has 1 aromatic rings. The van der Waals surface area contributed by atoms with Crippen molar-refractivity contribution < 1.29 is 9.26 Å². The van der Waals surface area contributed by atoms with Crippen molar-refractivity contribution in [1.29, 1.82) is 0 Å². The van der Waals surface area contributed by atoms with Gasteiger partial charge in [0.25, 0.3) is 0 Å². The molecular formula is C14H24N4O2. The van der Waals surface area contributed by atoms with E-state index >= 15 is 0 Å². The Kier molecular flexibility index (Phi) is 5.40. The van der Waals surface area contributed by atoms with Crippen LogP contribution in [0.1, 0.15) is 44.1 Å². The molecule has 0 bridgehead atoms. The van der Waals surface area contributed by atoms with Crippen LogP contribution in [0.2, 0.25) is 0 Å². The van der Waals surface area contributed by atoms with Crippen LogP contribution in [0, 0.1) is 0 Å². The highest BCUT2D eigenvalue weighted by Crippen LogP contribution is 2.22. The van der Waals surface area contributed by atoms with E-state index in [4.69, 9.17) is 15.0 Å². The van der Waals surface area contributed by atoms with Gasteiger partial charge in [0.1, 0.15) is 6.54 Å². The molecule has 6 heteroatoms. The smallest absolute Gasteiger partial charge is 0.191 e. The van der Waals surface area contributed by atoms with Crippen molar-refractivity contribution in [2.45, 2.75) is 39.2 Å². The molecule has 2 rings (SSSR count). The lowest BCUT2D eigenvalue weighted by molar-refractivity contribution is 0.0674. The van der Waals surface area contributed by atoms with Crippen LogP contribution >= 0.6 is 0 Å². The van der Waals surface area contributed by atoms with Gasteiger partial charge in [-0.05, 0) is 12.8 Å². The van der Waals surface area contributed by atoms with E-state index in [1.807, 2.05) is 11.0 Å². The van der Waals surface area contributed by atoms with Gasteiger partial charge in [0.05, 0.1) is 18.9 Å². The maximum atomic E-state index is 5.97. The van der Waals surface area contributed by atoms with Crippen molar-refractivity contribution in [2.24, 2.45) is 10.7 Å². The predicted octanol–water partition coefficient (Wildman–Crippen LogP) is 1.73. The SMILES string of the molecule is CCC(CC)c1cc(CN=C(N)N2CCOCC2)on1. The molecular weight excluding hydrogens is 256 g/mol.